The van der Waals surface area contributed by atoms with Crippen molar-refractivity contribution in [2.75, 3.05) is 24.3 Å². The van der Waals surface area contributed by atoms with Crippen molar-refractivity contribution in [3.05, 3.63) is 59.9 Å². The first kappa shape index (κ1) is 19.8. The molecule has 3 rings (SSSR count). The maximum atomic E-state index is 13.4. The van der Waals surface area contributed by atoms with Crippen molar-refractivity contribution in [2.45, 2.75) is 26.4 Å². The summed E-state index contributed by atoms with van der Waals surface area (Å²) >= 11 is 0. The van der Waals surface area contributed by atoms with Gasteiger partial charge < -0.3 is 15.4 Å². The third-order valence-corrected chi connectivity index (χ3v) is 4.22. The fourth-order valence-corrected chi connectivity index (χ4v) is 2.74. The van der Waals surface area contributed by atoms with E-state index >= 15 is 0 Å². The quantitative estimate of drug-likeness (QED) is 0.599. The van der Waals surface area contributed by atoms with Gasteiger partial charge in [-0.15, -0.1) is 5.10 Å². The zero-order valence-electron chi connectivity index (χ0n) is 16.0. The predicted molar refractivity (Wildman–Crippen MR) is 105 cm³/mol. The molecule has 8 heteroatoms. The smallest absolute Gasteiger partial charge is 0.246 e. The van der Waals surface area contributed by atoms with E-state index in [4.69, 9.17) is 4.74 Å². The van der Waals surface area contributed by atoms with Crippen molar-refractivity contribution in [1.82, 2.24) is 14.8 Å². The molecule has 2 N–H and O–H groups in total. The van der Waals surface area contributed by atoms with Gasteiger partial charge in [-0.2, -0.15) is 4.98 Å². The number of halogens is 2. The van der Waals surface area contributed by atoms with Gasteiger partial charge in [0.05, 0.1) is 11.8 Å². The minimum absolute atomic E-state index is 0.190. The molecule has 0 radical (unpaired) electrons. The summed E-state index contributed by atoms with van der Waals surface area (Å²) in [5, 5.41) is 10.7. The average Bonchev–Trinajstić information content (AvgIpc) is 3.09. The minimum atomic E-state index is -0.669. The van der Waals surface area contributed by atoms with Crippen LogP contribution in [-0.4, -0.2) is 34.5 Å². The van der Waals surface area contributed by atoms with Gasteiger partial charge in [-0.05, 0) is 56.2 Å². The molecule has 6 nitrogen and oxygen atoms in total. The highest BCUT2D eigenvalue weighted by molar-refractivity contribution is 5.63. The molecule has 2 aromatic carbocycles. The van der Waals surface area contributed by atoms with Crippen molar-refractivity contribution in [3.8, 4) is 5.69 Å². The van der Waals surface area contributed by atoms with Gasteiger partial charge in [0.1, 0.15) is 18.0 Å². The molecular formula is C20H23F2N5O. The number of hydrogen-bond donors (Lipinski definition) is 2. The molecule has 1 aromatic heterocycles. The van der Waals surface area contributed by atoms with Crippen molar-refractivity contribution >= 4 is 17.3 Å². The van der Waals surface area contributed by atoms with Gasteiger partial charge in [-0.25, -0.2) is 13.5 Å². The largest absolute Gasteiger partial charge is 0.385 e. The lowest BCUT2D eigenvalue weighted by atomic mass is 10.2. The maximum Gasteiger partial charge on any atom is 0.246 e. The molecule has 0 aliphatic rings. The molecule has 1 atom stereocenters. The van der Waals surface area contributed by atoms with E-state index in [1.165, 1.54) is 23.1 Å². The Hall–Kier alpha value is -3.00. The number of methoxy groups -OCH3 is 1. The number of aryl methyl sites for hydroxylation is 1. The van der Waals surface area contributed by atoms with Crippen molar-refractivity contribution in [3.63, 3.8) is 0 Å². The standard InChI is InChI=1S/C20H23F2N5O/c1-13-6-17(23-5-4-14(2)28-3)11-18(7-13)25-20-24-12-27(26-20)19-9-15(21)8-16(22)10-19/h6-12,14,23H,4-5H2,1-3H3,(H,25,26). The summed E-state index contributed by atoms with van der Waals surface area (Å²) in [6.07, 6.45) is 2.48. The average molecular weight is 387 g/mol. The number of benzene rings is 2. The number of nitrogens with zero attached hydrogens (tertiary/aromatic N) is 3. The summed E-state index contributed by atoms with van der Waals surface area (Å²) in [7, 11) is 1.70. The molecule has 148 valence electrons. The number of rotatable bonds is 8. The number of nitrogens with one attached hydrogen (secondary N) is 2. The molecule has 1 heterocycles. The summed E-state index contributed by atoms with van der Waals surface area (Å²) in [4.78, 5) is 4.16. The number of ether oxygens (including phenoxy) is 1. The molecule has 0 saturated carbocycles. The molecule has 0 fully saturated rings. The Bertz CT molecular complexity index is 924. The second-order valence-electron chi connectivity index (χ2n) is 6.61. The van der Waals surface area contributed by atoms with Crippen LogP contribution in [0.1, 0.15) is 18.9 Å². The second kappa shape index (κ2) is 8.79. The van der Waals surface area contributed by atoms with Gasteiger partial charge in [-0.3, -0.25) is 0 Å². The molecule has 0 saturated heterocycles. The molecule has 3 aromatic rings. The maximum absolute atomic E-state index is 13.4. The number of hydrogen-bond acceptors (Lipinski definition) is 5. The SMILES string of the molecule is COC(C)CCNc1cc(C)cc(Nc2ncn(-c3cc(F)cc(F)c3)n2)c1. The highest BCUT2D eigenvalue weighted by Crippen LogP contribution is 2.22. The Kier molecular flexibility index (Phi) is 6.20. The van der Waals surface area contributed by atoms with Gasteiger partial charge in [0.15, 0.2) is 0 Å². The second-order valence-corrected chi connectivity index (χ2v) is 6.61. The van der Waals surface area contributed by atoms with Crippen LogP contribution in [0.2, 0.25) is 0 Å². The van der Waals surface area contributed by atoms with Crippen molar-refractivity contribution in [2.24, 2.45) is 0 Å². The third kappa shape index (κ3) is 5.26. The van der Waals surface area contributed by atoms with Crippen LogP contribution in [0.25, 0.3) is 5.69 Å². The van der Waals surface area contributed by atoms with Gasteiger partial charge >= 0.3 is 0 Å². The van der Waals surface area contributed by atoms with E-state index in [1.54, 1.807) is 7.11 Å². The monoisotopic (exact) mass is 387 g/mol. The van der Waals surface area contributed by atoms with Crippen LogP contribution in [-0.2, 0) is 4.74 Å². The van der Waals surface area contributed by atoms with Gasteiger partial charge in [0.25, 0.3) is 0 Å². The Morgan fingerprint density at radius 3 is 2.50 bits per heavy atom. The lowest BCUT2D eigenvalue weighted by Crippen LogP contribution is -2.12. The first-order valence-electron chi connectivity index (χ1n) is 8.96. The lowest BCUT2D eigenvalue weighted by molar-refractivity contribution is 0.114. The summed E-state index contributed by atoms with van der Waals surface area (Å²) in [6.45, 7) is 4.81. The van der Waals surface area contributed by atoms with Crippen LogP contribution in [0.5, 0.6) is 0 Å². The summed E-state index contributed by atoms with van der Waals surface area (Å²) in [5.74, 6) is -1.01. The van der Waals surface area contributed by atoms with Crippen molar-refractivity contribution < 1.29 is 13.5 Å². The molecule has 0 amide bonds. The van der Waals surface area contributed by atoms with E-state index in [0.717, 1.165) is 36.0 Å². The third-order valence-electron chi connectivity index (χ3n) is 4.22. The molecule has 0 aliphatic heterocycles. The minimum Gasteiger partial charge on any atom is -0.385 e. The van der Waals surface area contributed by atoms with Crippen LogP contribution >= 0.6 is 0 Å². The normalized spacial score (nSPS) is 12.0. The van der Waals surface area contributed by atoms with Gasteiger partial charge in [0, 0.05) is 31.1 Å². The first-order valence-corrected chi connectivity index (χ1v) is 8.96. The molecule has 28 heavy (non-hydrogen) atoms. The zero-order valence-corrected chi connectivity index (χ0v) is 16.0. The Balaban J connectivity index is 1.71. The summed E-state index contributed by atoms with van der Waals surface area (Å²) in [6, 6.07) is 9.16. The molecule has 0 bridgehead atoms. The van der Waals surface area contributed by atoms with Gasteiger partial charge in [-0.1, -0.05) is 0 Å². The predicted octanol–water partition coefficient (Wildman–Crippen LogP) is 4.43. The van der Waals surface area contributed by atoms with E-state index in [2.05, 4.69) is 20.7 Å². The van der Waals surface area contributed by atoms with E-state index in [0.29, 0.717) is 5.95 Å². The van der Waals surface area contributed by atoms with Crippen LogP contribution in [0, 0.1) is 18.6 Å². The molecule has 0 aliphatic carbocycles. The Morgan fingerprint density at radius 2 is 1.79 bits per heavy atom. The van der Waals surface area contributed by atoms with Crippen LogP contribution in [0.4, 0.5) is 26.1 Å². The zero-order chi connectivity index (χ0) is 20.1. The topological polar surface area (TPSA) is 64.0 Å². The van der Waals surface area contributed by atoms with E-state index < -0.39 is 11.6 Å². The van der Waals surface area contributed by atoms with E-state index in [-0.39, 0.29) is 11.8 Å². The van der Waals surface area contributed by atoms with Crippen LogP contribution in [0.15, 0.2) is 42.7 Å². The Labute approximate surface area is 162 Å². The van der Waals surface area contributed by atoms with E-state index in [9.17, 15) is 8.78 Å². The fourth-order valence-electron chi connectivity index (χ4n) is 2.74. The Morgan fingerprint density at radius 1 is 1.07 bits per heavy atom. The van der Waals surface area contributed by atoms with E-state index in [1.807, 2.05) is 32.0 Å². The lowest BCUT2D eigenvalue weighted by Gasteiger charge is -2.13. The molecule has 0 spiro atoms. The number of anilines is 3. The first-order chi connectivity index (χ1) is 13.4. The van der Waals surface area contributed by atoms with Crippen LogP contribution < -0.4 is 10.6 Å². The van der Waals surface area contributed by atoms with Gasteiger partial charge in [0.2, 0.25) is 5.95 Å². The number of aromatic nitrogens is 3. The van der Waals surface area contributed by atoms with Crippen LogP contribution in [0.3, 0.4) is 0 Å². The molecule has 1 unspecified atom stereocenters. The summed E-state index contributed by atoms with van der Waals surface area (Å²) in [5.41, 5.74) is 3.11. The highest BCUT2D eigenvalue weighted by atomic mass is 19.1. The fraction of sp³-hybridized carbons (Fsp3) is 0.300. The summed E-state index contributed by atoms with van der Waals surface area (Å²) < 4.78 is 33.4. The van der Waals surface area contributed by atoms with Crippen molar-refractivity contribution in [1.29, 1.82) is 0 Å². The molecular weight excluding hydrogens is 364 g/mol. The highest BCUT2D eigenvalue weighted by Gasteiger charge is 2.08.